The van der Waals surface area contributed by atoms with E-state index in [1.54, 1.807) is 0 Å². The van der Waals surface area contributed by atoms with Gasteiger partial charge in [0, 0.05) is 10.1 Å². The summed E-state index contributed by atoms with van der Waals surface area (Å²) in [5.74, 6) is 2.54. The van der Waals surface area contributed by atoms with Crippen LogP contribution in [0.5, 0.6) is 0 Å². The number of nitrogens with one attached hydrogen (secondary N) is 1. The zero-order valence-corrected chi connectivity index (χ0v) is 8.84. The standard InChI is InChI=1S/C10H10IN/c1-2-7-12-8-9-5-3-4-6-10(9)11/h1,3-6,12H,7-8H2. The van der Waals surface area contributed by atoms with E-state index >= 15 is 0 Å². The van der Waals surface area contributed by atoms with Crippen molar-refractivity contribution in [2.45, 2.75) is 6.54 Å². The minimum atomic E-state index is 0.630. The van der Waals surface area contributed by atoms with E-state index in [0.717, 1.165) is 6.54 Å². The molecule has 0 aliphatic rings. The quantitative estimate of drug-likeness (QED) is 0.504. The molecule has 0 spiro atoms. The fourth-order valence-corrected chi connectivity index (χ4v) is 1.49. The molecule has 12 heavy (non-hydrogen) atoms. The smallest absolute Gasteiger partial charge is 0.0576 e. The Labute approximate surface area is 86.7 Å². The Morgan fingerprint density at radius 3 is 2.83 bits per heavy atom. The second-order valence-electron chi connectivity index (χ2n) is 2.40. The molecule has 0 heterocycles. The van der Waals surface area contributed by atoms with Crippen molar-refractivity contribution in [1.29, 1.82) is 0 Å². The van der Waals surface area contributed by atoms with E-state index in [2.05, 4.69) is 46.0 Å². The molecule has 1 rings (SSSR count). The van der Waals surface area contributed by atoms with Gasteiger partial charge in [-0.25, -0.2) is 0 Å². The zero-order valence-electron chi connectivity index (χ0n) is 6.68. The highest BCUT2D eigenvalue weighted by Crippen LogP contribution is 2.10. The van der Waals surface area contributed by atoms with Crippen molar-refractivity contribution < 1.29 is 0 Å². The van der Waals surface area contributed by atoms with Crippen molar-refractivity contribution in [2.24, 2.45) is 0 Å². The van der Waals surface area contributed by atoms with Gasteiger partial charge in [0.15, 0.2) is 0 Å². The lowest BCUT2D eigenvalue weighted by Gasteiger charge is -2.03. The van der Waals surface area contributed by atoms with Gasteiger partial charge < -0.3 is 5.32 Å². The van der Waals surface area contributed by atoms with Crippen molar-refractivity contribution >= 4 is 22.6 Å². The topological polar surface area (TPSA) is 12.0 Å². The van der Waals surface area contributed by atoms with E-state index in [9.17, 15) is 0 Å². The fraction of sp³-hybridized carbons (Fsp3) is 0.200. The first kappa shape index (κ1) is 9.56. The van der Waals surface area contributed by atoms with E-state index in [0.29, 0.717) is 6.54 Å². The van der Waals surface area contributed by atoms with E-state index in [4.69, 9.17) is 6.42 Å². The summed E-state index contributed by atoms with van der Waals surface area (Å²) >= 11 is 2.32. The molecule has 0 saturated carbocycles. The third-order valence-corrected chi connectivity index (χ3v) is 2.55. The van der Waals surface area contributed by atoms with Crippen LogP contribution >= 0.6 is 22.6 Å². The highest BCUT2D eigenvalue weighted by Gasteiger charge is 1.95. The first-order chi connectivity index (χ1) is 5.84. The number of hydrogen-bond donors (Lipinski definition) is 1. The molecule has 0 atom stereocenters. The second-order valence-corrected chi connectivity index (χ2v) is 3.56. The normalized spacial score (nSPS) is 9.33. The summed E-state index contributed by atoms with van der Waals surface area (Å²) in [5, 5.41) is 3.15. The predicted octanol–water partition coefficient (Wildman–Crippen LogP) is 2.01. The van der Waals surface area contributed by atoms with Gasteiger partial charge in [0.25, 0.3) is 0 Å². The van der Waals surface area contributed by atoms with Crippen molar-refractivity contribution in [3.8, 4) is 12.3 Å². The lowest BCUT2D eigenvalue weighted by Crippen LogP contribution is -2.13. The van der Waals surface area contributed by atoms with E-state index in [1.807, 2.05) is 12.1 Å². The summed E-state index contributed by atoms with van der Waals surface area (Å²) in [7, 11) is 0. The van der Waals surface area contributed by atoms with Crippen LogP contribution in [0, 0.1) is 15.9 Å². The maximum atomic E-state index is 5.12. The lowest BCUT2D eigenvalue weighted by atomic mass is 10.2. The third-order valence-electron chi connectivity index (χ3n) is 1.50. The number of rotatable bonds is 3. The van der Waals surface area contributed by atoms with Gasteiger partial charge in [0.1, 0.15) is 0 Å². The zero-order chi connectivity index (χ0) is 8.81. The maximum absolute atomic E-state index is 5.12. The van der Waals surface area contributed by atoms with Crippen LogP contribution in [0.25, 0.3) is 0 Å². The van der Waals surface area contributed by atoms with Crippen LogP contribution in [0.4, 0.5) is 0 Å². The van der Waals surface area contributed by atoms with Crippen LogP contribution < -0.4 is 5.32 Å². The number of benzene rings is 1. The van der Waals surface area contributed by atoms with E-state index in [-0.39, 0.29) is 0 Å². The summed E-state index contributed by atoms with van der Waals surface area (Å²) in [6, 6.07) is 8.26. The van der Waals surface area contributed by atoms with Crippen LogP contribution in [0.3, 0.4) is 0 Å². The van der Waals surface area contributed by atoms with Crippen LogP contribution in [0.1, 0.15) is 5.56 Å². The molecular weight excluding hydrogens is 261 g/mol. The number of hydrogen-bond acceptors (Lipinski definition) is 1. The minimum absolute atomic E-state index is 0.630. The second kappa shape index (κ2) is 5.18. The molecule has 2 heteroatoms. The summed E-state index contributed by atoms with van der Waals surface area (Å²) in [6.07, 6.45) is 5.12. The molecule has 0 unspecified atom stereocenters. The van der Waals surface area contributed by atoms with Gasteiger partial charge in [-0.2, -0.15) is 0 Å². The molecule has 62 valence electrons. The molecule has 0 aliphatic carbocycles. The first-order valence-corrected chi connectivity index (χ1v) is 4.80. The molecule has 0 saturated heterocycles. The Kier molecular flexibility index (Phi) is 4.12. The van der Waals surface area contributed by atoms with Gasteiger partial charge in [-0.1, -0.05) is 24.1 Å². The number of halogens is 1. The number of terminal acetylenes is 1. The Balaban J connectivity index is 2.53. The monoisotopic (exact) mass is 271 g/mol. The molecule has 1 aromatic rings. The molecule has 1 aromatic carbocycles. The molecule has 0 bridgehead atoms. The van der Waals surface area contributed by atoms with E-state index < -0.39 is 0 Å². The van der Waals surface area contributed by atoms with Crippen molar-refractivity contribution in [1.82, 2.24) is 5.32 Å². The average molecular weight is 271 g/mol. The predicted molar refractivity (Wildman–Crippen MR) is 59.7 cm³/mol. The van der Waals surface area contributed by atoms with Gasteiger partial charge in [-0.3, -0.25) is 0 Å². The van der Waals surface area contributed by atoms with Gasteiger partial charge >= 0.3 is 0 Å². The molecule has 1 nitrogen and oxygen atoms in total. The van der Waals surface area contributed by atoms with E-state index in [1.165, 1.54) is 9.13 Å². The molecule has 0 radical (unpaired) electrons. The molecular formula is C10H10IN. The maximum Gasteiger partial charge on any atom is 0.0576 e. The van der Waals surface area contributed by atoms with Crippen LogP contribution in [0.2, 0.25) is 0 Å². The van der Waals surface area contributed by atoms with Crippen molar-refractivity contribution in [2.75, 3.05) is 6.54 Å². The molecule has 0 aliphatic heterocycles. The van der Waals surface area contributed by atoms with Crippen LogP contribution in [-0.2, 0) is 6.54 Å². The lowest BCUT2D eigenvalue weighted by molar-refractivity contribution is 0.767. The van der Waals surface area contributed by atoms with Crippen molar-refractivity contribution in [3.63, 3.8) is 0 Å². The fourth-order valence-electron chi connectivity index (χ4n) is 0.911. The summed E-state index contributed by atoms with van der Waals surface area (Å²) < 4.78 is 1.28. The average Bonchev–Trinajstić information content (AvgIpc) is 2.09. The van der Waals surface area contributed by atoms with Gasteiger partial charge in [-0.05, 0) is 34.2 Å². The summed E-state index contributed by atoms with van der Waals surface area (Å²) in [5.41, 5.74) is 1.30. The highest BCUT2D eigenvalue weighted by molar-refractivity contribution is 14.1. The summed E-state index contributed by atoms with van der Waals surface area (Å²) in [4.78, 5) is 0. The molecule has 0 aromatic heterocycles. The van der Waals surface area contributed by atoms with Crippen LogP contribution in [-0.4, -0.2) is 6.54 Å². The Morgan fingerprint density at radius 2 is 2.17 bits per heavy atom. The van der Waals surface area contributed by atoms with Gasteiger partial charge in [0.2, 0.25) is 0 Å². The summed E-state index contributed by atoms with van der Waals surface area (Å²) in [6.45, 7) is 1.48. The molecule has 1 N–H and O–H groups in total. The first-order valence-electron chi connectivity index (χ1n) is 3.72. The van der Waals surface area contributed by atoms with Gasteiger partial charge in [0.05, 0.1) is 6.54 Å². The SMILES string of the molecule is C#CCNCc1ccccc1I. The molecule has 0 amide bonds. The third kappa shape index (κ3) is 2.84. The van der Waals surface area contributed by atoms with Crippen LogP contribution in [0.15, 0.2) is 24.3 Å². The largest absolute Gasteiger partial charge is 0.302 e. The highest BCUT2D eigenvalue weighted by atomic mass is 127. The Hall–Kier alpha value is -0.530. The Morgan fingerprint density at radius 1 is 1.42 bits per heavy atom. The van der Waals surface area contributed by atoms with Gasteiger partial charge in [-0.15, -0.1) is 6.42 Å². The Bertz CT molecular complexity index is 288. The minimum Gasteiger partial charge on any atom is -0.302 e. The van der Waals surface area contributed by atoms with Crippen molar-refractivity contribution in [3.05, 3.63) is 33.4 Å². The molecule has 0 fully saturated rings.